The number of carboxylic acid groups (broad SMARTS) is 1. The van der Waals surface area contributed by atoms with Gasteiger partial charge in [0.15, 0.2) is 0 Å². The lowest BCUT2D eigenvalue weighted by Crippen LogP contribution is -2.28. The van der Waals surface area contributed by atoms with Gasteiger partial charge in [-0.2, -0.15) is 0 Å². The van der Waals surface area contributed by atoms with Crippen LogP contribution < -0.4 is 10.6 Å². The number of aromatic carboxylic acids is 1. The third kappa shape index (κ3) is 3.96. The van der Waals surface area contributed by atoms with Crippen LogP contribution in [0.3, 0.4) is 0 Å². The Hall–Kier alpha value is -2.54. The quantitative estimate of drug-likeness (QED) is 0.805. The number of hydrogen-bond acceptors (Lipinski definition) is 4. The molecule has 0 radical (unpaired) electrons. The number of halogens is 1. The lowest BCUT2D eigenvalue weighted by molar-refractivity contribution is 0.0697. The minimum absolute atomic E-state index is 0.0819. The molecule has 0 aliphatic rings. The third-order valence-corrected chi connectivity index (χ3v) is 2.89. The van der Waals surface area contributed by atoms with Crippen LogP contribution in [0.4, 0.5) is 10.5 Å². The molecule has 0 saturated carbocycles. The summed E-state index contributed by atoms with van der Waals surface area (Å²) < 4.78 is 4.87. The predicted molar refractivity (Wildman–Crippen MR) is 75.5 cm³/mol. The molecule has 0 unspecified atom stereocenters. The minimum atomic E-state index is -1.16. The molecule has 3 N–H and O–H groups in total. The van der Waals surface area contributed by atoms with Crippen molar-refractivity contribution in [2.24, 2.45) is 0 Å². The lowest BCUT2D eigenvalue weighted by atomic mass is 10.2. The lowest BCUT2D eigenvalue weighted by Gasteiger charge is -2.07. The number of rotatable bonds is 4. The standard InChI is InChI=1S/C13H12ClN3O4/c1-7-4-9(17-21-7)6-15-13(20)16-8-2-3-11(14)10(5-8)12(18)19/h2-5H,6H2,1H3,(H,18,19)(H2,15,16,20). The van der Waals surface area contributed by atoms with E-state index < -0.39 is 12.0 Å². The zero-order chi connectivity index (χ0) is 15.4. The first-order chi connectivity index (χ1) is 9.95. The Morgan fingerprint density at radius 1 is 1.38 bits per heavy atom. The van der Waals surface area contributed by atoms with Crippen LogP contribution in [0, 0.1) is 6.92 Å². The molecule has 0 atom stereocenters. The summed E-state index contributed by atoms with van der Waals surface area (Å²) in [4.78, 5) is 22.6. The van der Waals surface area contributed by atoms with Crippen molar-refractivity contribution in [3.05, 3.63) is 46.3 Å². The summed E-state index contributed by atoms with van der Waals surface area (Å²) >= 11 is 5.74. The van der Waals surface area contributed by atoms with Gasteiger partial charge in [0.1, 0.15) is 11.5 Å². The highest BCUT2D eigenvalue weighted by molar-refractivity contribution is 6.33. The van der Waals surface area contributed by atoms with E-state index in [1.807, 2.05) is 0 Å². The van der Waals surface area contributed by atoms with Gasteiger partial charge in [0.2, 0.25) is 0 Å². The molecule has 0 spiro atoms. The number of nitrogens with one attached hydrogen (secondary N) is 2. The Balaban J connectivity index is 1.96. The van der Waals surface area contributed by atoms with E-state index in [4.69, 9.17) is 21.2 Å². The molecule has 2 amide bonds. The Kier molecular flexibility index (Phi) is 4.44. The Bertz CT molecular complexity index is 684. The summed E-state index contributed by atoms with van der Waals surface area (Å²) in [5.74, 6) is -0.516. The number of carboxylic acids is 1. The van der Waals surface area contributed by atoms with Crippen molar-refractivity contribution in [2.45, 2.75) is 13.5 Å². The van der Waals surface area contributed by atoms with Crippen LogP contribution in [-0.4, -0.2) is 22.3 Å². The molecule has 0 aliphatic heterocycles. The van der Waals surface area contributed by atoms with Gasteiger partial charge < -0.3 is 20.3 Å². The molecule has 21 heavy (non-hydrogen) atoms. The highest BCUT2D eigenvalue weighted by Crippen LogP contribution is 2.20. The smallest absolute Gasteiger partial charge is 0.337 e. The van der Waals surface area contributed by atoms with E-state index in [1.54, 1.807) is 13.0 Å². The van der Waals surface area contributed by atoms with E-state index >= 15 is 0 Å². The fourth-order valence-electron chi connectivity index (χ4n) is 1.61. The summed E-state index contributed by atoms with van der Waals surface area (Å²) in [5.41, 5.74) is 0.831. The van der Waals surface area contributed by atoms with Gasteiger partial charge in [0.25, 0.3) is 0 Å². The van der Waals surface area contributed by atoms with Crippen LogP contribution >= 0.6 is 11.6 Å². The Morgan fingerprint density at radius 2 is 2.14 bits per heavy atom. The van der Waals surface area contributed by atoms with Crippen LogP contribution in [0.5, 0.6) is 0 Å². The molecule has 8 heteroatoms. The minimum Gasteiger partial charge on any atom is -0.478 e. The van der Waals surface area contributed by atoms with Crippen molar-refractivity contribution >= 4 is 29.3 Å². The number of carbonyl (C=O) groups excluding carboxylic acids is 1. The number of benzene rings is 1. The number of anilines is 1. The van der Waals surface area contributed by atoms with E-state index in [2.05, 4.69) is 15.8 Å². The van der Waals surface area contributed by atoms with Gasteiger partial charge in [-0.25, -0.2) is 9.59 Å². The molecular weight excluding hydrogens is 298 g/mol. The Labute approximate surface area is 124 Å². The summed E-state index contributed by atoms with van der Waals surface area (Å²) in [7, 11) is 0. The fraction of sp³-hybridized carbons (Fsp3) is 0.154. The normalized spacial score (nSPS) is 10.2. The summed E-state index contributed by atoms with van der Waals surface area (Å²) in [6.45, 7) is 1.94. The number of urea groups is 1. The zero-order valence-electron chi connectivity index (χ0n) is 11.0. The molecular formula is C13H12ClN3O4. The average molecular weight is 310 g/mol. The van der Waals surface area contributed by atoms with Crippen molar-refractivity contribution < 1.29 is 19.2 Å². The number of aromatic nitrogens is 1. The van der Waals surface area contributed by atoms with Crippen molar-refractivity contribution in [3.8, 4) is 0 Å². The first-order valence-corrected chi connectivity index (χ1v) is 6.33. The number of nitrogens with zero attached hydrogens (tertiary/aromatic N) is 1. The Morgan fingerprint density at radius 3 is 2.76 bits per heavy atom. The van der Waals surface area contributed by atoms with Gasteiger partial charge in [-0.1, -0.05) is 16.8 Å². The monoisotopic (exact) mass is 309 g/mol. The zero-order valence-corrected chi connectivity index (χ0v) is 11.8. The molecule has 2 aromatic rings. The third-order valence-electron chi connectivity index (χ3n) is 2.56. The SMILES string of the molecule is Cc1cc(CNC(=O)Nc2ccc(Cl)c(C(=O)O)c2)no1. The van der Waals surface area contributed by atoms with Gasteiger partial charge in [0.05, 0.1) is 17.1 Å². The summed E-state index contributed by atoms with van der Waals surface area (Å²) in [6.07, 6.45) is 0. The largest absolute Gasteiger partial charge is 0.478 e. The van der Waals surface area contributed by atoms with Crippen molar-refractivity contribution in [2.75, 3.05) is 5.32 Å². The van der Waals surface area contributed by atoms with E-state index in [1.165, 1.54) is 18.2 Å². The number of amides is 2. The molecule has 0 aliphatic carbocycles. The van der Waals surface area contributed by atoms with E-state index in [0.29, 0.717) is 17.1 Å². The first-order valence-electron chi connectivity index (χ1n) is 5.95. The predicted octanol–water partition coefficient (Wildman–Crippen LogP) is 2.66. The maximum Gasteiger partial charge on any atom is 0.337 e. The molecule has 7 nitrogen and oxygen atoms in total. The number of hydrogen-bond donors (Lipinski definition) is 3. The molecule has 1 heterocycles. The van der Waals surface area contributed by atoms with E-state index in [0.717, 1.165) is 0 Å². The highest BCUT2D eigenvalue weighted by Gasteiger charge is 2.11. The van der Waals surface area contributed by atoms with Gasteiger partial charge in [0, 0.05) is 11.8 Å². The molecule has 0 bridgehead atoms. The van der Waals surface area contributed by atoms with Gasteiger partial charge in [-0.3, -0.25) is 0 Å². The number of aryl methyl sites for hydroxylation is 1. The maximum absolute atomic E-state index is 11.7. The average Bonchev–Trinajstić information content (AvgIpc) is 2.84. The van der Waals surface area contributed by atoms with Crippen LogP contribution in [0.1, 0.15) is 21.8 Å². The van der Waals surface area contributed by atoms with Crippen molar-refractivity contribution in [3.63, 3.8) is 0 Å². The fourth-order valence-corrected chi connectivity index (χ4v) is 1.81. The van der Waals surface area contributed by atoms with Crippen molar-refractivity contribution in [1.29, 1.82) is 0 Å². The number of carbonyl (C=O) groups is 2. The second-order valence-corrected chi connectivity index (χ2v) is 4.64. The summed E-state index contributed by atoms with van der Waals surface area (Å²) in [6, 6.07) is 5.40. The second kappa shape index (κ2) is 6.27. The van der Waals surface area contributed by atoms with Gasteiger partial charge in [-0.05, 0) is 25.1 Å². The van der Waals surface area contributed by atoms with Crippen LogP contribution in [0.25, 0.3) is 0 Å². The highest BCUT2D eigenvalue weighted by atomic mass is 35.5. The molecule has 110 valence electrons. The molecule has 0 fully saturated rings. The maximum atomic E-state index is 11.7. The van der Waals surface area contributed by atoms with Crippen LogP contribution in [0.2, 0.25) is 5.02 Å². The van der Waals surface area contributed by atoms with Crippen LogP contribution in [0.15, 0.2) is 28.8 Å². The van der Waals surface area contributed by atoms with E-state index in [9.17, 15) is 9.59 Å². The molecule has 0 saturated heterocycles. The molecule has 1 aromatic heterocycles. The topological polar surface area (TPSA) is 104 Å². The van der Waals surface area contributed by atoms with Gasteiger partial charge >= 0.3 is 12.0 Å². The van der Waals surface area contributed by atoms with Crippen molar-refractivity contribution in [1.82, 2.24) is 10.5 Å². The molecule has 1 aromatic carbocycles. The second-order valence-electron chi connectivity index (χ2n) is 4.24. The van der Waals surface area contributed by atoms with E-state index in [-0.39, 0.29) is 17.1 Å². The summed E-state index contributed by atoms with van der Waals surface area (Å²) in [5, 5.41) is 17.9. The van der Waals surface area contributed by atoms with Crippen LogP contribution in [-0.2, 0) is 6.54 Å². The first kappa shape index (κ1) is 14.9. The van der Waals surface area contributed by atoms with Gasteiger partial charge in [-0.15, -0.1) is 0 Å². The molecule has 2 rings (SSSR count).